The van der Waals surface area contributed by atoms with Crippen molar-refractivity contribution < 1.29 is 28.0 Å². The number of benzene rings is 3. The number of Topliss-reactive ketones (excluding diaryl/α,β-unsaturated/α-hetero) is 1. The number of thiazole rings is 1. The molecule has 40 heavy (non-hydrogen) atoms. The van der Waals surface area contributed by atoms with Gasteiger partial charge in [-0.1, -0.05) is 46.7 Å². The Hall–Kier alpha value is -4.10. The second-order valence-electron chi connectivity index (χ2n) is 8.45. The number of anilines is 1. The molecule has 0 radical (unpaired) electrons. The van der Waals surface area contributed by atoms with Crippen LogP contribution in [0, 0.1) is 10.1 Å². The molecule has 0 bridgehead atoms. The minimum absolute atomic E-state index is 0.122. The molecule has 3 aromatic carbocycles. The van der Waals surface area contributed by atoms with Crippen molar-refractivity contribution in [1.29, 1.82) is 0 Å². The zero-order valence-corrected chi connectivity index (χ0v) is 23.0. The highest BCUT2D eigenvalue weighted by atomic mass is 35.5. The number of non-ortho nitro benzene ring substituents is 1. The number of rotatable bonds is 6. The number of aromatic nitrogens is 1. The van der Waals surface area contributed by atoms with Gasteiger partial charge in [0.05, 0.1) is 27.6 Å². The molecule has 1 unspecified atom stereocenters. The second kappa shape index (κ2) is 10.5. The van der Waals surface area contributed by atoms with Crippen LogP contribution in [0.3, 0.4) is 0 Å². The first-order valence-corrected chi connectivity index (χ1v) is 14.3. The zero-order chi connectivity index (χ0) is 28.8. The van der Waals surface area contributed by atoms with Crippen LogP contribution in [0.2, 0.25) is 10.0 Å². The van der Waals surface area contributed by atoms with Crippen molar-refractivity contribution in [3.63, 3.8) is 0 Å². The lowest BCUT2D eigenvalue weighted by atomic mass is 9.95. The molecule has 1 amide bonds. The number of amides is 1. The molecule has 5 rings (SSSR count). The average molecular weight is 616 g/mol. The summed E-state index contributed by atoms with van der Waals surface area (Å²) in [6.07, 6.45) is 1.03. The number of aliphatic hydroxyl groups excluding tert-OH is 1. The molecule has 1 atom stereocenters. The van der Waals surface area contributed by atoms with E-state index < -0.39 is 38.3 Å². The number of nitrogens with zero attached hydrogens (tertiary/aromatic N) is 3. The van der Waals surface area contributed by atoms with Gasteiger partial charge >= 0.3 is 5.91 Å². The molecule has 1 aliphatic heterocycles. The van der Waals surface area contributed by atoms with E-state index in [1.807, 2.05) is 0 Å². The molecule has 14 heteroatoms. The van der Waals surface area contributed by atoms with Crippen molar-refractivity contribution in [3.8, 4) is 0 Å². The Morgan fingerprint density at radius 1 is 1.00 bits per heavy atom. The quantitative estimate of drug-likeness (QED) is 0.0938. The topological polar surface area (TPSA) is 148 Å². The SMILES string of the molecule is O=C1C(=O)N(c2ncc(S(=O)(=O)c3ccc([N+](=O)[O-])cc3)s2)C(c2cccc(Cl)c2)C1=C(O)c1ccc(Cl)cc1. The van der Waals surface area contributed by atoms with Gasteiger partial charge in [-0.2, -0.15) is 0 Å². The number of nitro benzene ring substituents is 1. The summed E-state index contributed by atoms with van der Waals surface area (Å²) in [7, 11) is -4.17. The largest absolute Gasteiger partial charge is 0.507 e. The number of nitro groups is 1. The van der Waals surface area contributed by atoms with Crippen molar-refractivity contribution in [2.45, 2.75) is 15.1 Å². The summed E-state index contributed by atoms with van der Waals surface area (Å²) < 4.78 is 26.2. The highest BCUT2D eigenvalue weighted by Crippen LogP contribution is 2.44. The van der Waals surface area contributed by atoms with Crippen LogP contribution in [-0.2, 0) is 19.4 Å². The van der Waals surface area contributed by atoms with E-state index in [1.54, 1.807) is 18.2 Å². The van der Waals surface area contributed by atoms with Gasteiger partial charge in [0, 0.05) is 27.7 Å². The van der Waals surface area contributed by atoms with E-state index in [0.29, 0.717) is 26.9 Å². The molecule has 1 saturated heterocycles. The van der Waals surface area contributed by atoms with E-state index in [9.17, 15) is 33.2 Å². The Bertz CT molecular complexity index is 1820. The predicted octanol–water partition coefficient (Wildman–Crippen LogP) is 5.82. The van der Waals surface area contributed by atoms with Gasteiger partial charge in [-0.3, -0.25) is 24.6 Å². The van der Waals surface area contributed by atoms with E-state index in [0.717, 1.165) is 35.4 Å². The molecular weight excluding hydrogens is 601 g/mol. The standard InChI is InChI=1S/C26H15Cl2N3O7S2/c27-16-6-4-14(5-7-16)23(32)21-22(15-2-1-3-17(28)12-15)30(25(34)24(21)33)26-29-13-20(39-26)40(37,38)19-10-8-18(9-11-19)31(35)36/h1-13,22,32H. The highest BCUT2D eigenvalue weighted by Gasteiger charge is 2.48. The molecule has 10 nitrogen and oxygen atoms in total. The first kappa shape index (κ1) is 27.5. The number of carbonyl (C=O) groups is 2. The number of hydrogen-bond donors (Lipinski definition) is 1. The molecule has 202 valence electrons. The highest BCUT2D eigenvalue weighted by molar-refractivity contribution is 7.93. The smallest absolute Gasteiger partial charge is 0.301 e. The van der Waals surface area contributed by atoms with Crippen LogP contribution in [0.4, 0.5) is 10.8 Å². The summed E-state index contributed by atoms with van der Waals surface area (Å²) in [5.41, 5.74) is 0.0751. The number of halogens is 2. The van der Waals surface area contributed by atoms with Gasteiger partial charge in [-0.05, 0) is 54.1 Å². The minimum Gasteiger partial charge on any atom is -0.507 e. The Morgan fingerprint density at radius 2 is 1.68 bits per heavy atom. The molecule has 0 spiro atoms. The maximum absolute atomic E-state index is 13.3. The fraction of sp³-hybridized carbons (Fsp3) is 0.0385. The summed E-state index contributed by atoms with van der Waals surface area (Å²) in [6.45, 7) is 0. The summed E-state index contributed by atoms with van der Waals surface area (Å²) in [5.74, 6) is -2.50. The van der Waals surface area contributed by atoms with Crippen LogP contribution >= 0.6 is 34.5 Å². The number of carbonyl (C=O) groups excluding carboxylic acids is 2. The van der Waals surface area contributed by atoms with E-state index in [4.69, 9.17) is 23.2 Å². The minimum atomic E-state index is -4.17. The van der Waals surface area contributed by atoms with Gasteiger partial charge in [0.25, 0.3) is 11.5 Å². The van der Waals surface area contributed by atoms with E-state index in [-0.39, 0.29) is 31.1 Å². The average Bonchev–Trinajstić information content (AvgIpc) is 3.52. The lowest BCUT2D eigenvalue weighted by molar-refractivity contribution is -0.384. The molecule has 1 aromatic heterocycles. The molecule has 1 N–H and O–H groups in total. The van der Waals surface area contributed by atoms with Gasteiger partial charge in [-0.15, -0.1) is 0 Å². The number of hydrogen-bond acceptors (Lipinski definition) is 9. The van der Waals surface area contributed by atoms with Crippen LogP contribution in [0.15, 0.2) is 93.7 Å². The van der Waals surface area contributed by atoms with Crippen LogP contribution in [0.1, 0.15) is 17.2 Å². The molecule has 0 aliphatic carbocycles. The van der Waals surface area contributed by atoms with Crippen LogP contribution in [-0.4, -0.2) is 35.1 Å². The van der Waals surface area contributed by atoms with Crippen LogP contribution in [0.5, 0.6) is 0 Å². The van der Waals surface area contributed by atoms with Gasteiger partial charge in [0.15, 0.2) is 5.13 Å². The Balaban J connectivity index is 1.62. The fourth-order valence-corrected chi connectivity index (χ4v) is 7.01. The summed E-state index contributed by atoms with van der Waals surface area (Å²) in [6, 6.07) is 15.4. The Morgan fingerprint density at radius 3 is 2.30 bits per heavy atom. The number of aliphatic hydroxyl groups is 1. The Labute approximate surface area is 240 Å². The Kier molecular flexibility index (Phi) is 7.19. The second-order valence-corrected chi connectivity index (χ2v) is 12.5. The van der Waals surface area contributed by atoms with Crippen molar-refractivity contribution in [1.82, 2.24) is 4.98 Å². The number of sulfone groups is 1. The maximum Gasteiger partial charge on any atom is 0.301 e. The van der Waals surface area contributed by atoms with Gasteiger partial charge in [-0.25, -0.2) is 13.4 Å². The first-order valence-electron chi connectivity index (χ1n) is 11.3. The lowest BCUT2D eigenvalue weighted by Gasteiger charge is -2.23. The van der Waals surface area contributed by atoms with Crippen molar-refractivity contribution in [2.75, 3.05) is 4.90 Å². The summed E-state index contributed by atoms with van der Waals surface area (Å²) in [5, 5.41) is 22.7. The third-order valence-corrected chi connectivity index (χ3v) is 9.74. The maximum atomic E-state index is 13.3. The zero-order valence-electron chi connectivity index (χ0n) is 19.9. The van der Waals surface area contributed by atoms with E-state index >= 15 is 0 Å². The summed E-state index contributed by atoms with van der Waals surface area (Å²) >= 11 is 12.8. The first-order chi connectivity index (χ1) is 19.0. The van der Waals surface area contributed by atoms with Crippen molar-refractivity contribution in [2.24, 2.45) is 0 Å². The van der Waals surface area contributed by atoms with Crippen molar-refractivity contribution >= 4 is 72.6 Å². The molecule has 1 fully saturated rings. The van der Waals surface area contributed by atoms with Gasteiger partial charge < -0.3 is 5.11 Å². The normalized spacial score (nSPS) is 16.9. The van der Waals surface area contributed by atoms with Crippen molar-refractivity contribution in [3.05, 3.63) is 116 Å². The lowest BCUT2D eigenvalue weighted by Crippen LogP contribution is -2.29. The van der Waals surface area contributed by atoms with E-state index in [2.05, 4.69) is 4.98 Å². The molecule has 4 aromatic rings. The van der Waals surface area contributed by atoms with Crippen LogP contribution < -0.4 is 4.90 Å². The summed E-state index contributed by atoms with van der Waals surface area (Å²) in [4.78, 5) is 41.8. The predicted molar refractivity (Wildman–Crippen MR) is 148 cm³/mol. The van der Waals surface area contributed by atoms with Crippen LogP contribution in [0.25, 0.3) is 5.76 Å². The van der Waals surface area contributed by atoms with E-state index in [1.165, 1.54) is 30.3 Å². The van der Waals surface area contributed by atoms with Gasteiger partial charge in [0.1, 0.15) is 9.97 Å². The molecule has 1 aliphatic rings. The molecule has 0 saturated carbocycles. The molecular formula is C26H15Cl2N3O7S2. The third kappa shape index (κ3) is 4.86. The fourth-order valence-electron chi connectivity index (χ4n) is 4.13. The third-order valence-electron chi connectivity index (χ3n) is 6.03. The number of ketones is 1. The monoisotopic (exact) mass is 615 g/mol. The van der Waals surface area contributed by atoms with Gasteiger partial charge in [0.2, 0.25) is 9.84 Å². The molecule has 2 heterocycles.